The van der Waals surface area contributed by atoms with E-state index >= 15 is 0 Å². The molecule has 1 heterocycles. The summed E-state index contributed by atoms with van der Waals surface area (Å²) in [5.74, 6) is 1.73. The minimum absolute atomic E-state index is 0.00794. The van der Waals surface area contributed by atoms with Gasteiger partial charge in [-0.1, -0.05) is 23.0 Å². The molecule has 7 nitrogen and oxygen atoms in total. The summed E-state index contributed by atoms with van der Waals surface area (Å²) in [6.45, 7) is 1.74. The first-order valence-corrected chi connectivity index (χ1v) is 6.70. The van der Waals surface area contributed by atoms with Crippen LogP contribution in [0.5, 0.6) is 5.75 Å². The van der Waals surface area contributed by atoms with E-state index in [1.807, 2.05) is 12.1 Å². The molecule has 2 aromatic rings. The molecule has 8 heteroatoms. The fourth-order valence-corrected chi connectivity index (χ4v) is 2.32. The van der Waals surface area contributed by atoms with Crippen LogP contribution < -0.4 is 10.5 Å². The van der Waals surface area contributed by atoms with Gasteiger partial charge in [-0.3, -0.25) is 0 Å². The van der Waals surface area contributed by atoms with Crippen LogP contribution in [0.25, 0.3) is 0 Å². The molecule has 0 fully saturated rings. The lowest BCUT2D eigenvalue weighted by Gasteiger charge is -2.09. The zero-order chi connectivity index (χ0) is 14.5. The minimum Gasteiger partial charge on any atom is -0.496 e. The Labute approximate surface area is 119 Å². The van der Waals surface area contributed by atoms with E-state index in [0.29, 0.717) is 28.2 Å². The molecular weight excluding hydrogens is 280 g/mol. The highest BCUT2D eigenvalue weighted by Gasteiger charge is 2.10. The van der Waals surface area contributed by atoms with Gasteiger partial charge in [0.1, 0.15) is 5.75 Å². The van der Waals surface area contributed by atoms with Crippen molar-refractivity contribution in [1.82, 2.24) is 10.2 Å². The van der Waals surface area contributed by atoms with Crippen molar-refractivity contribution in [2.24, 2.45) is 10.9 Å². The summed E-state index contributed by atoms with van der Waals surface area (Å²) in [5, 5.41) is 19.9. The summed E-state index contributed by atoms with van der Waals surface area (Å²) >= 11 is 1.43. The standard InChI is InChI=1S/C12H14N4O3S/c1-7-14-15-12(19-7)20-6-8-3-4-9(11(13)16-17)10(5-8)18-2/h3-5,17H,6H2,1-2H3,(H2,13,16). The van der Waals surface area contributed by atoms with Crippen LogP contribution in [0.4, 0.5) is 0 Å². The van der Waals surface area contributed by atoms with E-state index in [1.54, 1.807) is 13.0 Å². The van der Waals surface area contributed by atoms with Gasteiger partial charge in [-0.25, -0.2) is 0 Å². The smallest absolute Gasteiger partial charge is 0.276 e. The van der Waals surface area contributed by atoms with E-state index in [1.165, 1.54) is 18.9 Å². The van der Waals surface area contributed by atoms with Crippen LogP contribution in [0.1, 0.15) is 17.0 Å². The number of oxime groups is 1. The Morgan fingerprint density at radius 2 is 2.30 bits per heavy atom. The first-order chi connectivity index (χ1) is 9.63. The largest absolute Gasteiger partial charge is 0.496 e. The average Bonchev–Trinajstić information content (AvgIpc) is 2.89. The van der Waals surface area contributed by atoms with Crippen molar-refractivity contribution < 1.29 is 14.4 Å². The lowest BCUT2D eigenvalue weighted by Crippen LogP contribution is -2.14. The lowest BCUT2D eigenvalue weighted by atomic mass is 10.1. The van der Waals surface area contributed by atoms with E-state index in [4.69, 9.17) is 20.1 Å². The molecule has 0 aliphatic rings. The van der Waals surface area contributed by atoms with E-state index in [0.717, 1.165) is 5.56 Å². The van der Waals surface area contributed by atoms with Crippen LogP contribution in [0.3, 0.4) is 0 Å². The number of aromatic nitrogens is 2. The van der Waals surface area contributed by atoms with Crippen molar-refractivity contribution in [3.63, 3.8) is 0 Å². The van der Waals surface area contributed by atoms with E-state index in [-0.39, 0.29) is 5.84 Å². The van der Waals surface area contributed by atoms with Gasteiger partial charge >= 0.3 is 0 Å². The number of methoxy groups -OCH3 is 1. The van der Waals surface area contributed by atoms with Crippen molar-refractivity contribution in [2.75, 3.05) is 7.11 Å². The number of aryl methyl sites for hydroxylation is 1. The Kier molecular flexibility index (Phi) is 4.46. The Balaban J connectivity index is 2.13. The van der Waals surface area contributed by atoms with E-state index in [2.05, 4.69) is 15.4 Å². The SMILES string of the molecule is COc1cc(CSc2nnc(C)o2)ccc1/C(N)=N/O. The molecule has 1 aromatic carbocycles. The van der Waals surface area contributed by atoms with Crippen LogP contribution in [0.2, 0.25) is 0 Å². The number of ether oxygens (including phenoxy) is 1. The second kappa shape index (κ2) is 6.29. The minimum atomic E-state index is 0.00794. The van der Waals surface area contributed by atoms with Gasteiger partial charge in [0.15, 0.2) is 5.84 Å². The molecule has 2 rings (SSSR count). The molecule has 20 heavy (non-hydrogen) atoms. The van der Waals surface area contributed by atoms with Gasteiger partial charge in [-0.2, -0.15) is 0 Å². The summed E-state index contributed by atoms with van der Waals surface area (Å²) in [6, 6.07) is 5.43. The maximum atomic E-state index is 8.71. The van der Waals surface area contributed by atoms with Gasteiger partial charge in [-0.15, -0.1) is 10.2 Å². The third-order valence-corrected chi connectivity index (χ3v) is 3.41. The third kappa shape index (κ3) is 3.21. The molecule has 0 saturated heterocycles. The van der Waals surface area contributed by atoms with Crippen LogP contribution in [0, 0.1) is 6.92 Å². The average molecular weight is 294 g/mol. The summed E-state index contributed by atoms with van der Waals surface area (Å²) in [7, 11) is 1.53. The highest BCUT2D eigenvalue weighted by molar-refractivity contribution is 7.98. The summed E-state index contributed by atoms with van der Waals surface area (Å²) in [6.07, 6.45) is 0. The number of amidine groups is 1. The molecule has 0 unspecified atom stereocenters. The maximum absolute atomic E-state index is 8.71. The Bertz CT molecular complexity index is 627. The van der Waals surface area contributed by atoms with Gasteiger partial charge in [0.05, 0.1) is 12.7 Å². The van der Waals surface area contributed by atoms with E-state index in [9.17, 15) is 0 Å². The predicted octanol–water partition coefficient (Wildman–Crippen LogP) is 1.77. The molecular formula is C12H14N4O3S. The summed E-state index contributed by atoms with van der Waals surface area (Å²) < 4.78 is 10.5. The molecule has 0 aliphatic carbocycles. The number of nitrogens with zero attached hydrogens (tertiary/aromatic N) is 3. The number of hydrogen-bond donors (Lipinski definition) is 2. The van der Waals surface area contributed by atoms with Crippen LogP contribution in [0.15, 0.2) is 33.0 Å². The lowest BCUT2D eigenvalue weighted by molar-refractivity contribution is 0.318. The topological polar surface area (TPSA) is 107 Å². The van der Waals surface area contributed by atoms with Gasteiger partial charge in [0.2, 0.25) is 5.89 Å². The zero-order valence-electron chi connectivity index (χ0n) is 11.0. The van der Waals surface area contributed by atoms with E-state index < -0.39 is 0 Å². The van der Waals surface area contributed by atoms with Crippen LogP contribution in [-0.4, -0.2) is 28.4 Å². The highest BCUT2D eigenvalue weighted by Crippen LogP contribution is 2.25. The molecule has 0 amide bonds. The Hall–Kier alpha value is -2.22. The van der Waals surface area contributed by atoms with Crippen molar-refractivity contribution >= 4 is 17.6 Å². The second-order valence-electron chi connectivity index (χ2n) is 3.90. The van der Waals surface area contributed by atoms with Gasteiger partial charge in [0, 0.05) is 12.7 Å². The number of thioether (sulfide) groups is 1. The van der Waals surface area contributed by atoms with Crippen LogP contribution >= 0.6 is 11.8 Å². The zero-order valence-corrected chi connectivity index (χ0v) is 11.8. The van der Waals surface area contributed by atoms with Crippen LogP contribution in [-0.2, 0) is 5.75 Å². The molecule has 0 atom stereocenters. The first-order valence-electron chi connectivity index (χ1n) is 5.71. The third-order valence-electron chi connectivity index (χ3n) is 2.52. The maximum Gasteiger partial charge on any atom is 0.276 e. The molecule has 0 aliphatic heterocycles. The fourth-order valence-electron chi connectivity index (χ4n) is 1.57. The monoisotopic (exact) mass is 294 g/mol. The molecule has 0 spiro atoms. The van der Waals surface area contributed by atoms with Crippen molar-refractivity contribution in [1.29, 1.82) is 0 Å². The predicted molar refractivity (Wildman–Crippen MR) is 74.1 cm³/mol. The highest BCUT2D eigenvalue weighted by atomic mass is 32.2. The number of rotatable bonds is 5. The van der Waals surface area contributed by atoms with Crippen molar-refractivity contribution in [2.45, 2.75) is 17.9 Å². The van der Waals surface area contributed by atoms with Crippen molar-refractivity contribution in [3.8, 4) is 5.75 Å². The molecule has 106 valence electrons. The quantitative estimate of drug-likeness (QED) is 0.284. The molecule has 0 saturated carbocycles. The second-order valence-corrected chi connectivity index (χ2v) is 4.82. The number of hydrogen-bond acceptors (Lipinski definition) is 7. The number of benzene rings is 1. The van der Waals surface area contributed by atoms with Gasteiger partial charge < -0.3 is 20.1 Å². The number of nitrogens with two attached hydrogens (primary N) is 1. The van der Waals surface area contributed by atoms with Crippen molar-refractivity contribution in [3.05, 3.63) is 35.2 Å². The Morgan fingerprint density at radius 1 is 1.50 bits per heavy atom. The fraction of sp³-hybridized carbons (Fsp3) is 0.250. The molecule has 1 aromatic heterocycles. The molecule has 3 N–H and O–H groups in total. The molecule has 0 radical (unpaired) electrons. The normalized spacial score (nSPS) is 11.6. The molecule has 0 bridgehead atoms. The first kappa shape index (κ1) is 14.2. The summed E-state index contributed by atoms with van der Waals surface area (Å²) in [5.41, 5.74) is 7.11. The summed E-state index contributed by atoms with van der Waals surface area (Å²) in [4.78, 5) is 0. The Morgan fingerprint density at radius 3 is 2.90 bits per heavy atom. The van der Waals surface area contributed by atoms with Gasteiger partial charge in [-0.05, 0) is 17.7 Å². The van der Waals surface area contributed by atoms with Gasteiger partial charge in [0.25, 0.3) is 5.22 Å².